The number of likely N-dealkylation sites (tertiary alicyclic amines) is 1. The number of nitrogens with two attached hydrogens (primary N) is 1. The summed E-state index contributed by atoms with van der Waals surface area (Å²) in [6, 6.07) is 11.9. The molecule has 42 heavy (non-hydrogen) atoms. The van der Waals surface area contributed by atoms with E-state index in [-0.39, 0.29) is 35.3 Å². The van der Waals surface area contributed by atoms with Gasteiger partial charge in [-0.15, -0.1) is 5.10 Å². The van der Waals surface area contributed by atoms with E-state index in [0.29, 0.717) is 28.5 Å². The molecule has 1 aliphatic rings. The van der Waals surface area contributed by atoms with Crippen LogP contribution in [0.15, 0.2) is 54.9 Å². The van der Waals surface area contributed by atoms with Gasteiger partial charge >= 0.3 is 0 Å². The predicted octanol–water partition coefficient (Wildman–Crippen LogP) is 7.70. The first kappa shape index (κ1) is 30.2. The zero-order valence-electron chi connectivity index (χ0n) is 23.4. The standard InChI is InChI=1S/C31H34Cl2F2N6O/c1-2-3-4-28(20-5-7-22(34)8-6-20)40-14-11-23(12-15-40)41-19-27(38-39-41)21-17-29(31(36)37-18-21)42-16-13-24-25(32)9-10-26(35)30(24)33/h5-10,17-19,23,28H,2-4,11-16H2,1H3,(H2,36,37). The summed E-state index contributed by atoms with van der Waals surface area (Å²) in [6.45, 7) is 4.22. The molecule has 11 heteroatoms. The van der Waals surface area contributed by atoms with Gasteiger partial charge in [-0.25, -0.2) is 18.4 Å². The lowest BCUT2D eigenvalue weighted by Gasteiger charge is -2.38. The van der Waals surface area contributed by atoms with Gasteiger partial charge in [0.25, 0.3) is 0 Å². The largest absolute Gasteiger partial charge is 0.489 e. The summed E-state index contributed by atoms with van der Waals surface area (Å²) in [5.74, 6) is -0.119. The normalized spacial score (nSPS) is 15.2. The summed E-state index contributed by atoms with van der Waals surface area (Å²) >= 11 is 12.3. The molecule has 0 radical (unpaired) electrons. The highest BCUT2D eigenvalue weighted by Crippen LogP contribution is 2.34. The smallest absolute Gasteiger partial charge is 0.166 e. The predicted molar refractivity (Wildman–Crippen MR) is 162 cm³/mol. The van der Waals surface area contributed by atoms with Crippen LogP contribution in [0.4, 0.5) is 14.6 Å². The summed E-state index contributed by atoms with van der Waals surface area (Å²) < 4.78 is 35.2. The first-order valence-electron chi connectivity index (χ1n) is 14.3. The average Bonchev–Trinajstić information content (AvgIpc) is 3.49. The van der Waals surface area contributed by atoms with Gasteiger partial charge in [-0.2, -0.15) is 0 Å². The van der Waals surface area contributed by atoms with Crippen molar-refractivity contribution in [2.24, 2.45) is 0 Å². The van der Waals surface area contributed by atoms with Crippen molar-refractivity contribution in [3.05, 3.63) is 87.7 Å². The molecule has 0 aliphatic carbocycles. The van der Waals surface area contributed by atoms with Gasteiger partial charge in [-0.05, 0) is 60.7 Å². The monoisotopic (exact) mass is 614 g/mol. The van der Waals surface area contributed by atoms with Crippen LogP contribution in [0.25, 0.3) is 11.3 Å². The van der Waals surface area contributed by atoms with E-state index in [4.69, 9.17) is 33.7 Å². The zero-order chi connectivity index (χ0) is 29.6. The van der Waals surface area contributed by atoms with Crippen molar-refractivity contribution in [2.45, 2.75) is 57.5 Å². The molecule has 1 aliphatic heterocycles. The lowest BCUT2D eigenvalue weighted by atomic mass is 9.95. The molecule has 1 fully saturated rings. The minimum atomic E-state index is -0.530. The third kappa shape index (κ3) is 7.02. The average molecular weight is 616 g/mol. The molecule has 1 atom stereocenters. The van der Waals surface area contributed by atoms with Gasteiger partial charge in [-0.1, -0.05) is 60.3 Å². The Bertz CT molecular complexity index is 1490. The summed E-state index contributed by atoms with van der Waals surface area (Å²) in [6.07, 6.45) is 9.04. The Morgan fingerprint density at radius 3 is 2.60 bits per heavy atom. The summed E-state index contributed by atoms with van der Waals surface area (Å²) in [5.41, 5.74) is 9.09. The van der Waals surface area contributed by atoms with Crippen LogP contribution >= 0.6 is 23.2 Å². The number of nitrogens with zero attached hydrogens (tertiary/aromatic N) is 5. The molecule has 0 bridgehead atoms. The van der Waals surface area contributed by atoms with Gasteiger partial charge in [0.15, 0.2) is 11.6 Å². The van der Waals surface area contributed by atoms with Gasteiger partial charge in [0, 0.05) is 42.3 Å². The fraction of sp³-hybridized carbons (Fsp3) is 0.387. The second-order valence-corrected chi connectivity index (χ2v) is 11.4. The maximum absolute atomic E-state index is 13.8. The van der Waals surface area contributed by atoms with Gasteiger partial charge < -0.3 is 10.5 Å². The number of rotatable bonds is 11. The van der Waals surface area contributed by atoms with Crippen molar-refractivity contribution < 1.29 is 13.5 Å². The SMILES string of the molecule is CCCCC(c1ccc(F)cc1)N1CCC(n2cc(-c3cnc(N)c(OCCc4c(Cl)ccc(F)c4Cl)c3)nn2)CC1. The number of hydrogen-bond donors (Lipinski definition) is 1. The number of benzene rings is 2. The number of nitrogen functional groups attached to an aromatic ring is 1. The maximum Gasteiger partial charge on any atom is 0.166 e. The van der Waals surface area contributed by atoms with E-state index in [9.17, 15) is 8.78 Å². The Balaban J connectivity index is 1.22. The Morgan fingerprint density at radius 1 is 1.10 bits per heavy atom. The van der Waals surface area contributed by atoms with E-state index in [2.05, 4.69) is 27.1 Å². The Labute approximate surface area is 254 Å². The summed E-state index contributed by atoms with van der Waals surface area (Å²) in [5, 5.41) is 9.18. The number of piperidine rings is 1. The highest BCUT2D eigenvalue weighted by atomic mass is 35.5. The van der Waals surface area contributed by atoms with Crippen LogP contribution in [0.5, 0.6) is 5.75 Å². The third-order valence-electron chi connectivity index (χ3n) is 7.84. The minimum absolute atomic E-state index is 0.0136. The number of aromatic nitrogens is 4. The van der Waals surface area contributed by atoms with E-state index < -0.39 is 5.82 Å². The quantitative estimate of drug-likeness (QED) is 0.174. The van der Waals surface area contributed by atoms with E-state index in [1.165, 1.54) is 17.7 Å². The molecule has 4 aromatic rings. The van der Waals surface area contributed by atoms with Crippen LogP contribution in [0, 0.1) is 11.6 Å². The number of ether oxygens (including phenoxy) is 1. The number of pyridine rings is 1. The zero-order valence-corrected chi connectivity index (χ0v) is 25.0. The maximum atomic E-state index is 13.8. The van der Waals surface area contributed by atoms with Crippen molar-refractivity contribution in [3.8, 4) is 17.0 Å². The lowest BCUT2D eigenvalue weighted by Crippen LogP contribution is -2.37. The number of halogens is 4. The molecule has 2 aromatic heterocycles. The van der Waals surface area contributed by atoms with Gasteiger partial charge in [0.05, 0.1) is 23.9 Å². The van der Waals surface area contributed by atoms with Crippen molar-refractivity contribution >= 4 is 29.0 Å². The van der Waals surface area contributed by atoms with Crippen molar-refractivity contribution in [1.29, 1.82) is 0 Å². The molecule has 3 heterocycles. The van der Waals surface area contributed by atoms with Gasteiger partial charge in [-0.3, -0.25) is 4.90 Å². The molecular weight excluding hydrogens is 581 g/mol. The number of unbranched alkanes of at least 4 members (excludes halogenated alkanes) is 1. The first-order valence-corrected chi connectivity index (χ1v) is 15.0. The summed E-state index contributed by atoms with van der Waals surface area (Å²) in [4.78, 5) is 6.78. The van der Waals surface area contributed by atoms with Crippen LogP contribution in [0.2, 0.25) is 10.0 Å². The molecule has 0 spiro atoms. The van der Waals surface area contributed by atoms with Gasteiger partial charge in [0.1, 0.15) is 17.3 Å². The fourth-order valence-corrected chi connectivity index (χ4v) is 6.02. The second kappa shape index (κ2) is 13.8. The first-order chi connectivity index (χ1) is 20.3. The second-order valence-electron chi connectivity index (χ2n) is 10.6. The van der Waals surface area contributed by atoms with Crippen molar-refractivity contribution in [1.82, 2.24) is 24.9 Å². The molecule has 0 saturated carbocycles. The Morgan fingerprint density at radius 2 is 1.86 bits per heavy atom. The molecule has 2 N–H and O–H groups in total. The minimum Gasteiger partial charge on any atom is -0.489 e. The highest BCUT2D eigenvalue weighted by Gasteiger charge is 2.27. The van der Waals surface area contributed by atoms with Crippen LogP contribution in [0.1, 0.15) is 62.2 Å². The fourth-order valence-electron chi connectivity index (χ4n) is 5.46. The van der Waals surface area contributed by atoms with Crippen molar-refractivity contribution in [2.75, 3.05) is 25.4 Å². The Hall–Kier alpha value is -3.27. The lowest BCUT2D eigenvalue weighted by molar-refractivity contribution is 0.122. The van der Waals surface area contributed by atoms with Crippen molar-refractivity contribution in [3.63, 3.8) is 0 Å². The van der Waals surface area contributed by atoms with Crippen LogP contribution in [0.3, 0.4) is 0 Å². The van der Waals surface area contributed by atoms with Crippen LogP contribution < -0.4 is 10.5 Å². The Kier molecular flexibility index (Phi) is 9.92. The molecule has 1 saturated heterocycles. The van der Waals surface area contributed by atoms with E-state index in [1.807, 2.05) is 23.0 Å². The summed E-state index contributed by atoms with van der Waals surface area (Å²) in [7, 11) is 0. The third-order valence-corrected chi connectivity index (χ3v) is 8.60. The molecule has 2 aromatic carbocycles. The van der Waals surface area contributed by atoms with Crippen LogP contribution in [-0.2, 0) is 6.42 Å². The molecule has 0 amide bonds. The molecule has 7 nitrogen and oxygen atoms in total. The van der Waals surface area contributed by atoms with E-state index in [1.54, 1.807) is 24.4 Å². The van der Waals surface area contributed by atoms with E-state index in [0.717, 1.165) is 50.8 Å². The molecule has 1 unspecified atom stereocenters. The number of hydrogen-bond acceptors (Lipinski definition) is 6. The van der Waals surface area contributed by atoms with Crippen LogP contribution in [-0.4, -0.2) is 44.6 Å². The molecular formula is C31H34Cl2F2N6O. The van der Waals surface area contributed by atoms with E-state index >= 15 is 0 Å². The molecule has 222 valence electrons. The number of anilines is 1. The topological polar surface area (TPSA) is 82.1 Å². The van der Waals surface area contributed by atoms with Gasteiger partial charge in [0.2, 0.25) is 0 Å². The highest BCUT2D eigenvalue weighted by molar-refractivity contribution is 6.36. The molecule has 5 rings (SSSR count).